The molecule has 2 aromatic rings. The first-order valence-electron chi connectivity index (χ1n) is 6.41. The van der Waals surface area contributed by atoms with Gasteiger partial charge in [0.1, 0.15) is 5.76 Å². The molecule has 0 spiro atoms. The number of hydrogen-bond acceptors (Lipinski definition) is 3. The summed E-state index contributed by atoms with van der Waals surface area (Å²) in [6, 6.07) is 5.61. The standard InChI is InChI=1S/C15H18F2N2O/c1-10-12(5-6-20-10)9-19(2)15(8-18)11-3-4-13(16)14(17)7-11/h3-7,15H,8-9,18H2,1-2H3. The largest absolute Gasteiger partial charge is 0.469 e. The average molecular weight is 280 g/mol. The molecule has 1 heterocycles. The Morgan fingerprint density at radius 1 is 1.25 bits per heavy atom. The molecule has 1 unspecified atom stereocenters. The summed E-state index contributed by atoms with van der Waals surface area (Å²) in [6.45, 7) is 2.83. The molecule has 1 aromatic carbocycles. The Hall–Kier alpha value is -1.72. The van der Waals surface area contributed by atoms with Crippen LogP contribution in [0, 0.1) is 18.6 Å². The van der Waals surface area contributed by atoms with Gasteiger partial charge < -0.3 is 10.2 Å². The molecule has 0 amide bonds. The van der Waals surface area contributed by atoms with Gasteiger partial charge in [-0.2, -0.15) is 0 Å². The molecular weight excluding hydrogens is 262 g/mol. The summed E-state index contributed by atoms with van der Waals surface area (Å²) in [5.74, 6) is -0.857. The maximum Gasteiger partial charge on any atom is 0.159 e. The normalized spacial score (nSPS) is 12.9. The van der Waals surface area contributed by atoms with Crippen LogP contribution in [-0.2, 0) is 6.54 Å². The smallest absolute Gasteiger partial charge is 0.159 e. The second-order valence-corrected chi connectivity index (χ2v) is 4.84. The van der Waals surface area contributed by atoms with E-state index in [0.29, 0.717) is 18.7 Å². The number of halogens is 2. The summed E-state index contributed by atoms with van der Waals surface area (Å²) in [5, 5.41) is 0. The van der Waals surface area contributed by atoms with Crippen molar-refractivity contribution in [3.8, 4) is 0 Å². The van der Waals surface area contributed by atoms with Gasteiger partial charge in [-0.05, 0) is 37.7 Å². The van der Waals surface area contributed by atoms with Crippen molar-refractivity contribution in [1.82, 2.24) is 4.90 Å². The van der Waals surface area contributed by atoms with Gasteiger partial charge in [0.25, 0.3) is 0 Å². The topological polar surface area (TPSA) is 42.4 Å². The number of rotatable bonds is 5. The number of hydrogen-bond donors (Lipinski definition) is 1. The lowest BCUT2D eigenvalue weighted by molar-refractivity contribution is 0.239. The van der Waals surface area contributed by atoms with Crippen molar-refractivity contribution in [3.63, 3.8) is 0 Å². The molecule has 0 saturated heterocycles. The van der Waals surface area contributed by atoms with Crippen LogP contribution in [0.2, 0.25) is 0 Å². The van der Waals surface area contributed by atoms with Gasteiger partial charge in [0.05, 0.1) is 6.26 Å². The van der Waals surface area contributed by atoms with Crippen molar-refractivity contribution in [3.05, 3.63) is 59.1 Å². The summed E-state index contributed by atoms with van der Waals surface area (Å²) < 4.78 is 31.6. The van der Waals surface area contributed by atoms with E-state index in [4.69, 9.17) is 10.2 Å². The Kier molecular flexibility index (Phi) is 4.52. The minimum atomic E-state index is -0.853. The van der Waals surface area contributed by atoms with Gasteiger partial charge in [-0.15, -0.1) is 0 Å². The third-order valence-corrected chi connectivity index (χ3v) is 3.47. The average Bonchev–Trinajstić information content (AvgIpc) is 2.80. The summed E-state index contributed by atoms with van der Waals surface area (Å²) in [6.07, 6.45) is 1.63. The molecule has 2 rings (SSSR count). The van der Waals surface area contributed by atoms with Crippen molar-refractivity contribution >= 4 is 0 Å². The Balaban J connectivity index is 2.18. The molecule has 0 saturated carbocycles. The minimum absolute atomic E-state index is 0.181. The monoisotopic (exact) mass is 280 g/mol. The minimum Gasteiger partial charge on any atom is -0.469 e. The van der Waals surface area contributed by atoms with E-state index in [0.717, 1.165) is 17.4 Å². The fraction of sp³-hybridized carbons (Fsp3) is 0.333. The fourth-order valence-electron chi connectivity index (χ4n) is 2.24. The van der Waals surface area contributed by atoms with Gasteiger partial charge in [-0.3, -0.25) is 4.90 Å². The molecule has 0 aliphatic rings. The summed E-state index contributed by atoms with van der Waals surface area (Å²) >= 11 is 0. The Labute approximate surface area is 117 Å². The lowest BCUT2D eigenvalue weighted by atomic mass is 10.0. The summed E-state index contributed by atoms with van der Waals surface area (Å²) in [7, 11) is 1.89. The highest BCUT2D eigenvalue weighted by molar-refractivity contribution is 5.22. The first-order chi connectivity index (χ1) is 9.52. The fourth-order valence-corrected chi connectivity index (χ4v) is 2.24. The number of furan rings is 1. The lowest BCUT2D eigenvalue weighted by Crippen LogP contribution is -2.30. The van der Waals surface area contributed by atoms with Gasteiger partial charge in [0.15, 0.2) is 11.6 Å². The van der Waals surface area contributed by atoms with Crippen molar-refractivity contribution < 1.29 is 13.2 Å². The zero-order valence-electron chi connectivity index (χ0n) is 11.6. The maximum absolute atomic E-state index is 13.3. The Bertz CT molecular complexity index is 583. The van der Waals surface area contributed by atoms with Gasteiger partial charge >= 0.3 is 0 Å². The van der Waals surface area contributed by atoms with Crippen molar-refractivity contribution in [1.29, 1.82) is 0 Å². The first-order valence-corrected chi connectivity index (χ1v) is 6.41. The van der Waals surface area contributed by atoms with E-state index in [1.807, 2.05) is 24.9 Å². The van der Waals surface area contributed by atoms with E-state index in [9.17, 15) is 8.78 Å². The SMILES string of the molecule is Cc1occc1CN(C)C(CN)c1ccc(F)c(F)c1. The lowest BCUT2D eigenvalue weighted by Gasteiger charge is -2.27. The van der Waals surface area contributed by atoms with Crippen LogP contribution in [0.1, 0.15) is 22.9 Å². The van der Waals surface area contributed by atoms with Crippen LogP contribution in [0.5, 0.6) is 0 Å². The third kappa shape index (κ3) is 3.05. The van der Waals surface area contributed by atoms with Crippen LogP contribution in [0.4, 0.5) is 8.78 Å². The number of benzene rings is 1. The maximum atomic E-state index is 13.3. The van der Waals surface area contributed by atoms with Crippen LogP contribution in [-0.4, -0.2) is 18.5 Å². The van der Waals surface area contributed by atoms with E-state index >= 15 is 0 Å². The summed E-state index contributed by atoms with van der Waals surface area (Å²) in [5.41, 5.74) is 7.49. The Morgan fingerprint density at radius 3 is 2.55 bits per heavy atom. The van der Waals surface area contributed by atoms with Gasteiger partial charge in [-0.1, -0.05) is 6.07 Å². The van der Waals surface area contributed by atoms with Crippen LogP contribution in [0.25, 0.3) is 0 Å². The zero-order chi connectivity index (χ0) is 14.7. The van der Waals surface area contributed by atoms with Crippen molar-refractivity contribution in [2.75, 3.05) is 13.6 Å². The molecule has 5 heteroatoms. The molecule has 0 aliphatic carbocycles. The molecule has 0 fully saturated rings. The molecule has 0 aliphatic heterocycles. The van der Waals surface area contributed by atoms with E-state index in [1.54, 1.807) is 12.3 Å². The quantitative estimate of drug-likeness (QED) is 0.915. The Morgan fingerprint density at radius 2 is 2.00 bits per heavy atom. The van der Waals surface area contributed by atoms with Crippen LogP contribution in [0.3, 0.4) is 0 Å². The van der Waals surface area contributed by atoms with Gasteiger partial charge in [0.2, 0.25) is 0 Å². The van der Waals surface area contributed by atoms with Gasteiger partial charge in [-0.25, -0.2) is 8.78 Å². The number of aryl methyl sites for hydroxylation is 1. The molecule has 20 heavy (non-hydrogen) atoms. The van der Waals surface area contributed by atoms with E-state index in [2.05, 4.69) is 0 Å². The molecular formula is C15H18F2N2O. The molecule has 1 atom stereocenters. The molecule has 108 valence electrons. The molecule has 0 bridgehead atoms. The van der Waals surface area contributed by atoms with Crippen molar-refractivity contribution in [2.24, 2.45) is 5.73 Å². The number of nitrogens with two attached hydrogens (primary N) is 1. The second kappa shape index (κ2) is 6.15. The van der Waals surface area contributed by atoms with Crippen LogP contribution in [0.15, 0.2) is 34.9 Å². The van der Waals surface area contributed by atoms with Crippen LogP contribution >= 0.6 is 0 Å². The van der Waals surface area contributed by atoms with E-state index in [-0.39, 0.29) is 6.04 Å². The highest BCUT2D eigenvalue weighted by Crippen LogP contribution is 2.23. The number of nitrogens with zero attached hydrogens (tertiary/aromatic N) is 1. The highest BCUT2D eigenvalue weighted by Gasteiger charge is 2.18. The molecule has 3 nitrogen and oxygen atoms in total. The van der Waals surface area contributed by atoms with Gasteiger partial charge in [0, 0.05) is 24.7 Å². The zero-order valence-corrected chi connectivity index (χ0v) is 11.6. The first kappa shape index (κ1) is 14.7. The van der Waals surface area contributed by atoms with E-state index < -0.39 is 11.6 Å². The van der Waals surface area contributed by atoms with Crippen molar-refractivity contribution in [2.45, 2.75) is 19.5 Å². The molecule has 2 N–H and O–H groups in total. The van der Waals surface area contributed by atoms with E-state index in [1.165, 1.54) is 6.07 Å². The second-order valence-electron chi connectivity index (χ2n) is 4.84. The third-order valence-electron chi connectivity index (χ3n) is 3.47. The number of likely N-dealkylation sites (N-methyl/N-ethyl adjacent to an activating group) is 1. The molecule has 0 radical (unpaired) electrons. The predicted octanol–water partition coefficient (Wildman–Crippen LogP) is 3.00. The van der Waals surface area contributed by atoms with Crippen LogP contribution < -0.4 is 5.73 Å². The molecule has 1 aromatic heterocycles. The predicted molar refractivity (Wildman–Crippen MR) is 73.1 cm³/mol. The highest BCUT2D eigenvalue weighted by atomic mass is 19.2. The summed E-state index contributed by atoms with van der Waals surface area (Å²) in [4.78, 5) is 1.99.